The Labute approximate surface area is 63.4 Å². The molecule has 0 saturated heterocycles. The Morgan fingerprint density at radius 1 is 1.55 bits per heavy atom. The Morgan fingerprint density at radius 3 is 2.73 bits per heavy atom. The van der Waals surface area contributed by atoms with Crippen LogP contribution in [-0.4, -0.2) is 17.5 Å². The fourth-order valence-electron chi connectivity index (χ4n) is 0.839. The lowest BCUT2D eigenvalue weighted by Crippen LogP contribution is -2.29. The van der Waals surface area contributed by atoms with Crippen molar-refractivity contribution in [3.8, 4) is 0 Å². The fourth-order valence-corrected chi connectivity index (χ4v) is 0.839. The number of aromatic amines is 1. The average molecular weight is 160 g/mol. The summed E-state index contributed by atoms with van der Waals surface area (Å²) >= 11 is 0. The van der Waals surface area contributed by atoms with Crippen LogP contribution in [0.1, 0.15) is 5.56 Å². The SMILES string of the molecule is NCC(F)(F)Cc1cc[nH]c1. The lowest BCUT2D eigenvalue weighted by molar-refractivity contribution is 0.0115. The number of aromatic nitrogens is 1. The van der Waals surface area contributed by atoms with E-state index in [9.17, 15) is 8.78 Å². The van der Waals surface area contributed by atoms with Crippen LogP contribution in [0.5, 0.6) is 0 Å². The quantitative estimate of drug-likeness (QED) is 0.684. The van der Waals surface area contributed by atoms with E-state index in [1.807, 2.05) is 0 Å². The first-order valence-corrected chi connectivity index (χ1v) is 3.33. The molecule has 0 aliphatic rings. The molecule has 1 rings (SSSR count). The molecule has 1 aromatic rings. The van der Waals surface area contributed by atoms with Gasteiger partial charge in [-0.05, 0) is 11.6 Å². The zero-order valence-corrected chi connectivity index (χ0v) is 5.98. The molecule has 0 aliphatic heterocycles. The summed E-state index contributed by atoms with van der Waals surface area (Å²) in [6, 6.07) is 1.61. The van der Waals surface area contributed by atoms with Crippen LogP contribution in [-0.2, 0) is 6.42 Å². The summed E-state index contributed by atoms with van der Waals surface area (Å²) in [5.74, 6) is -2.78. The molecule has 0 atom stereocenters. The molecule has 1 aromatic heterocycles. The van der Waals surface area contributed by atoms with Crippen molar-refractivity contribution in [3.63, 3.8) is 0 Å². The molecule has 0 aromatic carbocycles. The number of nitrogens with two attached hydrogens (primary N) is 1. The standard InChI is InChI=1S/C7H10F2N2/c8-7(9,5-10)3-6-1-2-11-4-6/h1-2,4,11H,3,5,10H2. The van der Waals surface area contributed by atoms with Crippen LogP contribution in [0.25, 0.3) is 0 Å². The summed E-state index contributed by atoms with van der Waals surface area (Å²) in [6.45, 7) is -0.599. The van der Waals surface area contributed by atoms with Gasteiger partial charge in [0.05, 0.1) is 6.54 Å². The Morgan fingerprint density at radius 2 is 2.27 bits per heavy atom. The maximum atomic E-state index is 12.6. The molecular weight excluding hydrogens is 150 g/mol. The molecule has 0 saturated carbocycles. The summed E-state index contributed by atoms with van der Waals surface area (Å²) in [5, 5.41) is 0. The van der Waals surface area contributed by atoms with Crippen molar-refractivity contribution < 1.29 is 8.78 Å². The van der Waals surface area contributed by atoms with Gasteiger partial charge < -0.3 is 10.7 Å². The maximum absolute atomic E-state index is 12.6. The van der Waals surface area contributed by atoms with E-state index in [1.54, 1.807) is 18.5 Å². The number of nitrogens with one attached hydrogen (secondary N) is 1. The molecule has 11 heavy (non-hydrogen) atoms. The van der Waals surface area contributed by atoms with Gasteiger partial charge in [-0.3, -0.25) is 0 Å². The summed E-state index contributed by atoms with van der Waals surface area (Å²) in [7, 11) is 0. The van der Waals surface area contributed by atoms with Crippen LogP contribution in [0.4, 0.5) is 8.78 Å². The van der Waals surface area contributed by atoms with Crippen molar-refractivity contribution in [3.05, 3.63) is 24.0 Å². The Balaban J connectivity index is 2.56. The molecule has 0 amide bonds. The second-order valence-corrected chi connectivity index (χ2v) is 2.46. The van der Waals surface area contributed by atoms with E-state index in [4.69, 9.17) is 5.73 Å². The zero-order chi connectivity index (χ0) is 8.32. The first kappa shape index (κ1) is 8.20. The van der Waals surface area contributed by atoms with E-state index in [-0.39, 0.29) is 6.42 Å². The molecule has 0 bridgehead atoms. The number of hydrogen-bond acceptors (Lipinski definition) is 1. The van der Waals surface area contributed by atoms with E-state index >= 15 is 0 Å². The molecular formula is C7H10F2N2. The predicted octanol–water partition coefficient (Wildman–Crippen LogP) is 1.15. The van der Waals surface area contributed by atoms with Crippen molar-refractivity contribution in [2.24, 2.45) is 5.73 Å². The van der Waals surface area contributed by atoms with Gasteiger partial charge >= 0.3 is 0 Å². The predicted molar refractivity (Wildman–Crippen MR) is 38.5 cm³/mol. The van der Waals surface area contributed by atoms with Gasteiger partial charge in [0.1, 0.15) is 0 Å². The Kier molecular flexibility index (Phi) is 2.24. The average Bonchev–Trinajstić information content (AvgIpc) is 2.39. The number of H-pyrrole nitrogens is 1. The summed E-state index contributed by atoms with van der Waals surface area (Å²) in [5.41, 5.74) is 5.45. The maximum Gasteiger partial charge on any atom is 0.264 e. The van der Waals surface area contributed by atoms with Crippen molar-refractivity contribution in [2.45, 2.75) is 12.3 Å². The summed E-state index contributed by atoms with van der Waals surface area (Å²) in [6.07, 6.45) is 2.87. The first-order valence-electron chi connectivity index (χ1n) is 3.33. The van der Waals surface area contributed by atoms with Gasteiger partial charge in [0.25, 0.3) is 5.92 Å². The number of halogens is 2. The van der Waals surface area contributed by atoms with E-state index in [0.29, 0.717) is 5.56 Å². The molecule has 0 spiro atoms. The third-order valence-corrected chi connectivity index (χ3v) is 1.42. The van der Waals surface area contributed by atoms with Crippen LogP contribution in [0.2, 0.25) is 0 Å². The highest BCUT2D eigenvalue weighted by atomic mass is 19.3. The Hall–Kier alpha value is -0.900. The molecule has 0 unspecified atom stereocenters. The van der Waals surface area contributed by atoms with Crippen LogP contribution in [0.3, 0.4) is 0 Å². The van der Waals surface area contributed by atoms with Gasteiger partial charge in [0.2, 0.25) is 0 Å². The highest BCUT2D eigenvalue weighted by Crippen LogP contribution is 2.17. The van der Waals surface area contributed by atoms with Gasteiger partial charge in [0.15, 0.2) is 0 Å². The molecule has 3 N–H and O–H groups in total. The van der Waals surface area contributed by atoms with Crippen molar-refractivity contribution >= 4 is 0 Å². The second-order valence-electron chi connectivity index (χ2n) is 2.46. The normalized spacial score (nSPS) is 11.9. The number of alkyl halides is 2. The van der Waals surface area contributed by atoms with E-state index < -0.39 is 12.5 Å². The minimum atomic E-state index is -2.78. The van der Waals surface area contributed by atoms with Crippen molar-refractivity contribution in [2.75, 3.05) is 6.54 Å². The fraction of sp³-hybridized carbons (Fsp3) is 0.429. The van der Waals surface area contributed by atoms with E-state index in [1.165, 1.54) is 0 Å². The van der Waals surface area contributed by atoms with Gasteiger partial charge in [-0.25, -0.2) is 8.78 Å². The first-order chi connectivity index (χ1) is 5.14. The third-order valence-electron chi connectivity index (χ3n) is 1.42. The highest BCUT2D eigenvalue weighted by molar-refractivity contribution is 5.10. The van der Waals surface area contributed by atoms with Crippen LogP contribution >= 0.6 is 0 Å². The lowest BCUT2D eigenvalue weighted by Gasteiger charge is -2.11. The van der Waals surface area contributed by atoms with Gasteiger partial charge in [-0.1, -0.05) is 0 Å². The Bertz CT molecular complexity index is 206. The van der Waals surface area contributed by atoms with Crippen LogP contribution in [0.15, 0.2) is 18.5 Å². The highest BCUT2D eigenvalue weighted by Gasteiger charge is 2.26. The minimum absolute atomic E-state index is 0.285. The molecule has 62 valence electrons. The molecule has 0 radical (unpaired) electrons. The topological polar surface area (TPSA) is 41.8 Å². The molecule has 0 fully saturated rings. The molecule has 0 aliphatic carbocycles. The van der Waals surface area contributed by atoms with Crippen molar-refractivity contribution in [1.82, 2.24) is 4.98 Å². The zero-order valence-electron chi connectivity index (χ0n) is 5.98. The van der Waals surface area contributed by atoms with Crippen molar-refractivity contribution in [1.29, 1.82) is 0 Å². The number of rotatable bonds is 3. The molecule has 1 heterocycles. The van der Waals surface area contributed by atoms with Gasteiger partial charge in [-0.15, -0.1) is 0 Å². The van der Waals surface area contributed by atoms with Gasteiger partial charge in [0, 0.05) is 18.8 Å². The third kappa shape index (κ3) is 2.31. The largest absolute Gasteiger partial charge is 0.367 e. The van der Waals surface area contributed by atoms with E-state index in [2.05, 4.69) is 4.98 Å². The molecule has 4 heteroatoms. The minimum Gasteiger partial charge on any atom is -0.367 e. The van der Waals surface area contributed by atoms with E-state index in [0.717, 1.165) is 0 Å². The lowest BCUT2D eigenvalue weighted by atomic mass is 10.1. The second kappa shape index (κ2) is 3.00. The molecule has 2 nitrogen and oxygen atoms in total. The monoisotopic (exact) mass is 160 g/mol. The summed E-state index contributed by atoms with van der Waals surface area (Å²) < 4.78 is 25.2. The van der Waals surface area contributed by atoms with Gasteiger partial charge in [-0.2, -0.15) is 0 Å². The van der Waals surface area contributed by atoms with Crippen LogP contribution in [0, 0.1) is 0 Å². The van der Waals surface area contributed by atoms with Crippen LogP contribution < -0.4 is 5.73 Å². The number of hydrogen-bond donors (Lipinski definition) is 2. The summed E-state index contributed by atoms with van der Waals surface area (Å²) in [4.78, 5) is 2.70. The smallest absolute Gasteiger partial charge is 0.264 e.